The zero-order chi connectivity index (χ0) is 22.4. The molecule has 3 rings (SSSR count). The second kappa shape index (κ2) is 9.70. The van der Waals surface area contributed by atoms with Crippen molar-refractivity contribution in [3.05, 3.63) is 40.3 Å². The van der Waals surface area contributed by atoms with Crippen LogP contribution in [0.25, 0.3) is 0 Å². The highest BCUT2D eigenvalue weighted by atomic mass is 32.1. The fourth-order valence-corrected chi connectivity index (χ4v) is 4.02. The Hall–Kier alpha value is -3.26. The number of anilines is 1. The first-order valence-electron chi connectivity index (χ1n) is 9.23. The third kappa shape index (κ3) is 6.36. The molecular weight excluding hydrogens is 435 g/mol. The average Bonchev–Trinajstić information content (AvgIpc) is 3.21. The van der Waals surface area contributed by atoms with Crippen LogP contribution in [0.1, 0.15) is 34.3 Å². The second-order valence-corrected chi connectivity index (χ2v) is 7.51. The number of benzene rings is 1. The number of hydrogen-bond acceptors (Lipinski definition) is 6. The molecule has 1 aliphatic heterocycles. The topological polar surface area (TPSA) is 80.8 Å². The molecule has 1 N–H and O–H groups in total. The molecule has 1 fully saturated rings. The van der Waals surface area contributed by atoms with Gasteiger partial charge in [0.25, 0.3) is 5.91 Å². The van der Waals surface area contributed by atoms with Crippen molar-refractivity contribution < 1.29 is 32.2 Å². The molecule has 2 amide bonds. The Bertz CT molecular complexity index is 979. The number of terminal acetylenes is 1. The molecule has 1 aliphatic rings. The molecule has 2 heterocycles. The van der Waals surface area contributed by atoms with Gasteiger partial charge in [-0.05, 0) is 25.0 Å². The van der Waals surface area contributed by atoms with E-state index in [1.807, 2.05) is 0 Å². The zero-order valence-corrected chi connectivity index (χ0v) is 17.0. The summed E-state index contributed by atoms with van der Waals surface area (Å²) in [7, 11) is 0. The molecule has 31 heavy (non-hydrogen) atoms. The second-order valence-electron chi connectivity index (χ2n) is 6.62. The van der Waals surface area contributed by atoms with Crippen LogP contribution in [0.15, 0.2) is 29.6 Å². The molecule has 7 nitrogen and oxygen atoms in total. The number of carbonyl (C=O) groups excluding carboxylic acids is 2. The van der Waals surface area contributed by atoms with Gasteiger partial charge >= 0.3 is 12.5 Å². The number of carbonyl (C=O) groups is 2. The number of nitrogens with one attached hydrogen (secondary N) is 1. The van der Waals surface area contributed by atoms with Crippen molar-refractivity contribution >= 4 is 29.0 Å². The van der Waals surface area contributed by atoms with Gasteiger partial charge in [0, 0.05) is 36.1 Å². The van der Waals surface area contributed by atoms with E-state index in [0.29, 0.717) is 25.9 Å². The minimum atomic E-state index is -4.82. The highest BCUT2D eigenvalue weighted by molar-refractivity contribution is 7.10. The van der Waals surface area contributed by atoms with Gasteiger partial charge in [0.05, 0.1) is 5.01 Å². The Morgan fingerprint density at radius 1 is 1.32 bits per heavy atom. The van der Waals surface area contributed by atoms with E-state index in [-0.39, 0.29) is 23.9 Å². The summed E-state index contributed by atoms with van der Waals surface area (Å²) in [5.41, 5.74) is 0.318. The van der Waals surface area contributed by atoms with Crippen molar-refractivity contribution in [2.75, 3.05) is 25.0 Å². The minimum absolute atomic E-state index is 0.0745. The Labute approximate surface area is 180 Å². The molecule has 0 saturated carbocycles. The lowest BCUT2D eigenvalue weighted by molar-refractivity contribution is -0.274. The van der Waals surface area contributed by atoms with Crippen molar-refractivity contribution in [1.82, 2.24) is 9.88 Å². The maximum Gasteiger partial charge on any atom is 0.573 e. The number of rotatable bonds is 5. The SMILES string of the molecule is C#CCOC(=O)N1CCC(c2nc(C(=O)Nc3cccc(OC(F)(F)F)c3)cs2)CC1. The average molecular weight is 453 g/mol. The van der Waals surface area contributed by atoms with Gasteiger partial charge in [0.2, 0.25) is 0 Å². The number of amides is 2. The summed E-state index contributed by atoms with van der Waals surface area (Å²) < 4.78 is 45.8. The van der Waals surface area contributed by atoms with Crippen molar-refractivity contribution in [3.8, 4) is 18.1 Å². The van der Waals surface area contributed by atoms with Crippen molar-refractivity contribution in [2.24, 2.45) is 0 Å². The lowest BCUT2D eigenvalue weighted by Crippen LogP contribution is -2.38. The lowest BCUT2D eigenvalue weighted by atomic mass is 9.98. The summed E-state index contributed by atoms with van der Waals surface area (Å²) in [6.07, 6.45) is 1.13. The van der Waals surface area contributed by atoms with Crippen molar-refractivity contribution in [2.45, 2.75) is 25.1 Å². The fraction of sp³-hybridized carbons (Fsp3) is 0.350. The fourth-order valence-electron chi connectivity index (χ4n) is 3.05. The van der Waals surface area contributed by atoms with E-state index in [1.54, 1.807) is 10.3 Å². The van der Waals surface area contributed by atoms with E-state index in [0.717, 1.165) is 17.1 Å². The van der Waals surface area contributed by atoms with Crippen LogP contribution < -0.4 is 10.1 Å². The van der Waals surface area contributed by atoms with Gasteiger partial charge in [-0.3, -0.25) is 4.79 Å². The minimum Gasteiger partial charge on any atom is -0.436 e. The van der Waals surface area contributed by atoms with Crippen LogP contribution in [0.3, 0.4) is 0 Å². The molecule has 0 radical (unpaired) electrons. The van der Waals surface area contributed by atoms with Crippen LogP contribution in [0.2, 0.25) is 0 Å². The summed E-state index contributed by atoms with van der Waals surface area (Å²) in [5.74, 6) is 1.36. The van der Waals surface area contributed by atoms with Crippen LogP contribution in [0.5, 0.6) is 5.75 Å². The zero-order valence-electron chi connectivity index (χ0n) is 16.1. The summed E-state index contributed by atoms with van der Waals surface area (Å²) in [6, 6.07) is 5.00. The smallest absolute Gasteiger partial charge is 0.436 e. The number of alkyl halides is 3. The van der Waals surface area contributed by atoms with E-state index < -0.39 is 24.1 Å². The maximum absolute atomic E-state index is 12.4. The molecule has 11 heteroatoms. The van der Waals surface area contributed by atoms with E-state index >= 15 is 0 Å². The molecular formula is C20H18F3N3O4S. The standard InChI is InChI=1S/C20H18F3N3O4S/c1-2-10-29-19(28)26-8-6-13(7-9-26)18-25-16(12-31-18)17(27)24-14-4-3-5-15(11-14)30-20(21,22)23/h1,3-5,11-13H,6-10H2,(H,24,27). The highest BCUT2D eigenvalue weighted by Crippen LogP contribution is 2.31. The van der Waals surface area contributed by atoms with Crippen LogP contribution in [0.4, 0.5) is 23.7 Å². The van der Waals surface area contributed by atoms with E-state index in [9.17, 15) is 22.8 Å². The third-order valence-electron chi connectivity index (χ3n) is 4.46. The van der Waals surface area contributed by atoms with Gasteiger partial charge < -0.3 is 19.7 Å². The molecule has 0 bridgehead atoms. The Morgan fingerprint density at radius 2 is 2.06 bits per heavy atom. The van der Waals surface area contributed by atoms with Crippen LogP contribution in [-0.2, 0) is 4.74 Å². The summed E-state index contributed by atoms with van der Waals surface area (Å²) in [6.45, 7) is 0.900. The largest absolute Gasteiger partial charge is 0.573 e. The third-order valence-corrected chi connectivity index (χ3v) is 5.47. The number of aromatic nitrogens is 1. The predicted octanol–water partition coefficient (Wildman–Crippen LogP) is 4.24. The van der Waals surface area contributed by atoms with Gasteiger partial charge in [0.15, 0.2) is 6.61 Å². The van der Waals surface area contributed by atoms with Gasteiger partial charge in [-0.1, -0.05) is 12.0 Å². The number of piperidine rings is 1. The number of ether oxygens (including phenoxy) is 2. The van der Waals surface area contributed by atoms with E-state index in [1.165, 1.54) is 23.5 Å². The lowest BCUT2D eigenvalue weighted by Gasteiger charge is -2.30. The van der Waals surface area contributed by atoms with Gasteiger partial charge in [-0.2, -0.15) is 0 Å². The van der Waals surface area contributed by atoms with Crippen LogP contribution >= 0.6 is 11.3 Å². The van der Waals surface area contributed by atoms with E-state index in [2.05, 4.69) is 21.0 Å². The Morgan fingerprint density at radius 3 is 2.74 bits per heavy atom. The number of halogens is 3. The molecule has 1 saturated heterocycles. The molecule has 0 aliphatic carbocycles. The highest BCUT2D eigenvalue weighted by Gasteiger charge is 2.31. The number of hydrogen-bond donors (Lipinski definition) is 1. The van der Waals surface area contributed by atoms with Crippen LogP contribution in [0, 0.1) is 12.3 Å². The van der Waals surface area contributed by atoms with Crippen molar-refractivity contribution in [1.29, 1.82) is 0 Å². The number of nitrogens with zero attached hydrogens (tertiary/aromatic N) is 2. The Kier molecular flexibility index (Phi) is 7.02. The summed E-state index contributed by atoms with van der Waals surface area (Å²) >= 11 is 1.32. The maximum atomic E-state index is 12.4. The van der Waals surface area contributed by atoms with Gasteiger partial charge in [-0.25, -0.2) is 9.78 Å². The molecule has 0 spiro atoms. The molecule has 164 valence electrons. The van der Waals surface area contributed by atoms with E-state index in [4.69, 9.17) is 11.2 Å². The number of thiazole rings is 1. The summed E-state index contributed by atoms with van der Waals surface area (Å²) in [5, 5.41) is 4.87. The van der Waals surface area contributed by atoms with Crippen LogP contribution in [-0.4, -0.2) is 47.9 Å². The predicted molar refractivity (Wildman–Crippen MR) is 107 cm³/mol. The van der Waals surface area contributed by atoms with Crippen molar-refractivity contribution in [3.63, 3.8) is 0 Å². The summed E-state index contributed by atoms with van der Waals surface area (Å²) in [4.78, 5) is 30.2. The molecule has 2 aromatic rings. The molecule has 0 unspecified atom stereocenters. The monoisotopic (exact) mass is 453 g/mol. The molecule has 1 aromatic heterocycles. The van der Waals surface area contributed by atoms with Gasteiger partial charge in [0.1, 0.15) is 11.4 Å². The molecule has 0 atom stereocenters. The first-order valence-corrected chi connectivity index (χ1v) is 10.1. The molecule has 1 aromatic carbocycles. The normalized spacial score (nSPS) is 14.6. The number of likely N-dealkylation sites (tertiary alicyclic amines) is 1. The Balaban J connectivity index is 1.56. The van der Waals surface area contributed by atoms with Gasteiger partial charge in [-0.15, -0.1) is 30.9 Å². The quantitative estimate of drug-likeness (QED) is 0.685. The first-order chi connectivity index (χ1) is 14.7. The first kappa shape index (κ1) is 22.4.